The first-order valence-electron chi connectivity index (χ1n) is 5.58. The molecule has 7 heteroatoms. The van der Waals surface area contributed by atoms with Crippen LogP contribution in [-0.2, 0) is 10.0 Å². The van der Waals surface area contributed by atoms with E-state index in [2.05, 4.69) is 4.72 Å². The Morgan fingerprint density at radius 3 is 2.20 bits per heavy atom. The summed E-state index contributed by atoms with van der Waals surface area (Å²) in [5, 5.41) is 9.39. The van der Waals surface area contributed by atoms with E-state index in [1.807, 2.05) is 0 Å². The third-order valence-corrected chi connectivity index (χ3v) is 4.77. The van der Waals surface area contributed by atoms with Gasteiger partial charge in [-0.1, -0.05) is 41.4 Å². The molecule has 0 aliphatic carbocycles. The van der Waals surface area contributed by atoms with Crippen LogP contribution in [0.15, 0.2) is 41.3 Å². The molecule has 0 saturated heterocycles. The van der Waals surface area contributed by atoms with Gasteiger partial charge >= 0.3 is 0 Å². The fourth-order valence-corrected chi connectivity index (χ4v) is 3.47. The number of sulfonamides is 1. The molecular weight excluding hydrogens is 321 g/mol. The lowest BCUT2D eigenvalue weighted by molar-refractivity contribution is 0.476. The Kier molecular flexibility index (Phi) is 4.13. The van der Waals surface area contributed by atoms with Crippen molar-refractivity contribution in [3.63, 3.8) is 0 Å². The van der Waals surface area contributed by atoms with Crippen molar-refractivity contribution in [3.8, 4) is 5.75 Å². The van der Waals surface area contributed by atoms with E-state index in [-0.39, 0.29) is 26.4 Å². The minimum absolute atomic E-state index is 0.0278. The van der Waals surface area contributed by atoms with Gasteiger partial charge in [-0.05, 0) is 30.7 Å². The zero-order valence-corrected chi connectivity index (χ0v) is 12.7. The minimum atomic E-state index is -3.74. The van der Waals surface area contributed by atoms with Crippen molar-refractivity contribution >= 4 is 38.9 Å². The first-order chi connectivity index (χ1) is 9.31. The average Bonchev–Trinajstić information content (AvgIpc) is 2.35. The number of hydrogen-bond acceptors (Lipinski definition) is 3. The highest BCUT2D eigenvalue weighted by Gasteiger charge is 2.17. The quantitative estimate of drug-likeness (QED) is 0.840. The van der Waals surface area contributed by atoms with Gasteiger partial charge in [0.25, 0.3) is 10.0 Å². The van der Waals surface area contributed by atoms with E-state index >= 15 is 0 Å². The Labute approximate surface area is 127 Å². The molecule has 0 radical (unpaired) electrons. The van der Waals surface area contributed by atoms with Gasteiger partial charge in [-0.3, -0.25) is 4.72 Å². The van der Waals surface area contributed by atoms with Gasteiger partial charge in [0, 0.05) is 0 Å². The predicted molar refractivity (Wildman–Crippen MR) is 80.1 cm³/mol. The number of benzene rings is 2. The number of nitrogens with one attached hydrogen (secondary N) is 1. The molecule has 0 spiro atoms. The van der Waals surface area contributed by atoms with Crippen molar-refractivity contribution in [2.45, 2.75) is 11.8 Å². The minimum Gasteiger partial charge on any atom is -0.505 e. The topological polar surface area (TPSA) is 66.4 Å². The van der Waals surface area contributed by atoms with Crippen LogP contribution in [0.3, 0.4) is 0 Å². The summed E-state index contributed by atoms with van der Waals surface area (Å²) >= 11 is 11.5. The molecule has 2 N–H and O–H groups in total. The molecule has 0 aliphatic heterocycles. The zero-order chi connectivity index (χ0) is 14.9. The maximum absolute atomic E-state index is 12.3. The second-order valence-corrected chi connectivity index (χ2v) is 6.62. The van der Waals surface area contributed by atoms with Crippen molar-refractivity contribution in [3.05, 3.63) is 52.0 Å². The number of aryl methyl sites for hydroxylation is 1. The van der Waals surface area contributed by atoms with Gasteiger partial charge in [-0.25, -0.2) is 8.42 Å². The van der Waals surface area contributed by atoms with Gasteiger partial charge in [-0.15, -0.1) is 0 Å². The lowest BCUT2D eigenvalue weighted by Gasteiger charge is -2.11. The van der Waals surface area contributed by atoms with Gasteiger partial charge < -0.3 is 5.11 Å². The fraction of sp³-hybridized carbons (Fsp3) is 0.0769. The first-order valence-corrected chi connectivity index (χ1v) is 7.81. The molecule has 0 unspecified atom stereocenters. The molecule has 0 aliphatic rings. The monoisotopic (exact) mass is 331 g/mol. The Balaban J connectivity index is 2.42. The summed E-state index contributed by atoms with van der Waals surface area (Å²) in [7, 11) is -3.74. The molecule has 0 fully saturated rings. The summed E-state index contributed by atoms with van der Waals surface area (Å²) in [6, 6.07) is 9.17. The van der Waals surface area contributed by atoms with Crippen LogP contribution in [0.2, 0.25) is 10.0 Å². The van der Waals surface area contributed by atoms with Crippen LogP contribution in [0.1, 0.15) is 5.56 Å². The summed E-state index contributed by atoms with van der Waals surface area (Å²) < 4.78 is 26.9. The van der Waals surface area contributed by atoms with Crippen molar-refractivity contribution in [1.29, 1.82) is 0 Å². The van der Waals surface area contributed by atoms with Gasteiger partial charge in [0.15, 0.2) is 5.75 Å². The van der Waals surface area contributed by atoms with Gasteiger partial charge in [0.2, 0.25) is 0 Å². The van der Waals surface area contributed by atoms with Crippen LogP contribution in [0.5, 0.6) is 5.75 Å². The Hall–Kier alpha value is -1.43. The molecule has 106 valence electrons. The highest BCUT2D eigenvalue weighted by molar-refractivity contribution is 7.92. The van der Waals surface area contributed by atoms with Crippen LogP contribution in [0, 0.1) is 6.92 Å². The molecule has 0 amide bonds. The number of rotatable bonds is 3. The van der Waals surface area contributed by atoms with E-state index in [1.165, 1.54) is 18.2 Å². The Morgan fingerprint density at radius 1 is 1.10 bits per heavy atom. The van der Waals surface area contributed by atoms with Crippen molar-refractivity contribution in [2.24, 2.45) is 0 Å². The van der Waals surface area contributed by atoms with E-state index in [0.717, 1.165) is 0 Å². The van der Waals surface area contributed by atoms with E-state index in [0.29, 0.717) is 5.56 Å². The molecule has 0 bridgehead atoms. The third-order valence-electron chi connectivity index (χ3n) is 2.65. The predicted octanol–water partition coefficient (Wildman–Crippen LogP) is 3.81. The Bertz CT molecular complexity index is 737. The molecule has 2 aromatic rings. The second kappa shape index (κ2) is 5.52. The van der Waals surface area contributed by atoms with Crippen molar-refractivity contribution in [2.75, 3.05) is 4.72 Å². The number of phenols is 1. The lowest BCUT2D eigenvalue weighted by atomic mass is 10.2. The SMILES string of the molecule is Cc1ccccc1S(=O)(=O)Nc1cc(Cl)c(O)c(Cl)c1. The standard InChI is InChI=1S/C13H11Cl2NO3S/c1-8-4-2-3-5-12(8)20(18,19)16-9-6-10(14)13(17)11(15)7-9/h2-7,16-17H,1H3. The summed E-state index contributed by atoms with van der Waals surface area (Å²) in [5.41, 5.74) is 0.803. The fourth-order valence-electron chi connectivity index (χ4n) is 1.69. The zero-order valence-electron chi connectivity index (χ0n) is 10.4. The first kappa shape index (κ1) is 15.0. The molecule has 4 nitrogen and oxygen atoms in total. The van der Waals surface area contributed by atoms with Crippen LogP contribution >= 0.6 is 23.2 Å². The van der Waals surface area contributed by atoms with Gasteiger partial charge in [-0.2, -0.15) is 0 Å². The molecule has 20 heavy (non-hydrogen) atoms. The number of halogens is 2. The summed E-state index contributed by atoms with van der Waals surface area (Å²) in [6.45, 7) is 1.70. The Morgan fingerprint density at radius 2 is 1.65 bits per heavy atom. The van der Waals surface area contributed by atoms with Gasteiger partial charge in [0.1, 0.15) is 0 Å². The van der Waals surface area contributed by atoms with E-state index in [1.54, 1.807) is 25.1 Å². The molecule has 0 aromatic heterocycles. The summed E-state index contributed by atoms with van der Waals surface area (Å²) in [4.78, 5) is 0.167. The largest absolute Gasteiger partial charge is 0.505 e. The van der Waals surface area contributed by atoms with E-state index < -0.39 is 10.0 Å². The third kappa shape index (κ3) is 3.00. The van der Waals surface area contributed by atoms with Crippen LogP contribution in [-0.4, -0.2) is 13.5 Å². The number of anilines is 1. The molecule has 0 saturated carbocycles. The molecular formula is C13H11Cl2NO3S. The lowest BCUT2D eigenvalue weighted by Crippen LogP contribution is -2.14. The second-order valence-electron chi connectivity index (χ2n) is 4.16. The van der Waals surface area contributed by atoms with Crippen LogP contribution in [0.25, 0.3) is 0 Å². The average molecular weight is 332 g/mol. The number of aromatic hydroxyl groups is 1. The summed E-state index contributed by atoms with van der Waals surface area (Å²) in [5.74, 6) is -0.285. The molecule has 2 rings (SSSR count). The van der Waals surface area contributed by atoms with Crippen molar-refractivity contribution < 1.29 is 13.5 Å². The van der Waals surface area contributed by atoms with E-state index in [4.69, 9.17) is 23.2 Å². The van der Waals surface area contributed by atoms with Crippen LogP contribution in [0.4, 0.5) is 5.69 Å². The normalized spacial score (nSPS) is 11.3. The van der Waals surface area contributed by atoms with E-state index in [9.17, 15) is 13.5 Å². The van der Waals surface area contributed by atoms with Gasteiger partial charge in [0.05, 0.1) is 20.6 Å². The molecule has 0 heterocycles. The van der Waals surface area contributed by atoms with Crippen molar-refractivity contribution in [1.82, 2.24) is 0 Å². The highest BCUT2D eigenvalue weighted by atomic mass is 35.5. The van der Waals surface area contributed by atoms with Crippen LogP contribution < -0.4 is 4.72 Å². The maximum Gasteiger partial charge on any atom is 0.262 e. The maximum atomic E-state index is 12.3. The summed E-state index contributed by atoms with van der Waals surface area (Å²) in [6.07, 6.45) is 0. The molecule has 0 atom stereocenters. The number of phenolic OH excluding ortho intramolecular Hbond substituents is 1. The molecule has 2 aromatic carbocycles. The smallest absolute Gasteiger partial charge is 0.262 e. The highest BCUT2D eigenvalue weighted by Crippen LogP contribution is 2.35. The number of hydrogen-bond donors (Lipinski definition) is 2.